The number of anilines is 1. The standard InChI is InChI=1S/C26H29ClN4O4S2/c1-26(22-11-19(27)5-4-17(22)7-8-34-26)18-10-23(36-14-18)24(32)21-12-29-15-30-25(21)31-20-6-3-16(9-20)13-35-37(2,28)33/h4-5,10-12,14-16,20H,2-3,6-9,13H2,1H3,(H2,28,33)(H,29,30,31)/t16-,20?,26?,37?/m1/s1. The first kappa shape index (κ1) is 26.3. The van der Waals surface area contributed by atoms with E-state index in [1.165, 1.54) is 23.2 Å². The minimum absolute atomic E-state index is 0.100. The van der Waals surface area contributed by atoms with Gasteiger partial charge in [-0.3, -0.25) is 8.98 Å². The Kier molecular flexibility index (Phi) is 7.41. The van der Waals surface area contributed by atoms with Crippen molar-refractivity contribution in [3.05, 3.63) is 74.3 Å². The third-order valence-corrected chi connectivity index (χ3v) is 8.76. The van der Waals surface area contributed by atoms with Gasteiger partial charge >= 0.3 is 0 Å². The van der Waals surface area contributed by atoms with E-state index in [9.17, 15) is 9.00 Å². The molecule has 0 radical (unpaired) electrons. The van der Waals surface area contributed by atoms with Crippen LogP contribution in [0.15, 0.2) is 42.2 Å². The molecule has 196 valence electrons. The minimum Gasteiger partial charge on any atom is -0.367 e. The van der Waals surface area contributed by atoms with Crippen molar-refractivity contribution in [2.45, 2.75) is 44.2 Å². The molecule has 3 N–H and O–H groups in total. The van der Waals surface area contributed by atoms with Crippen LogP contribution in [0, 0.1) is 5.92 Å². The maximum absolute atomic E-state index is 13.6. The number of carbonyl (C=O) groups is 1. The average molecular weight is 561 g/mol. The van der Waals surface area contributed by atoms with Crippen molar-refractivity contribution in [1.29, 1.82) is 0 Å². The Balaban J connectivity index is 1.34. The summed E-state index contributed by atoms with van der Waals surface area (Å²) in [6.07, 6.45) is 6.34. The first-order chi connectivity index (χ1) is 17.6. The number of halogens is 1. The summed E-state index contributed by atoms with van der Waals surface area (Å²) in [6, 6.07) is 7.89. The van der Waals surface area contributed by atoms with E-state index in [-0.39, 0.29) is 17.7 Å². The molecule has 1 aliphatic carbocycles. The van der Waals surface area contributed by atoms with Gasteiger partial charge in [-0.2, -0.15) is 0 Å². The van der Waals surface area contributed by atoms with Gasteiger partial charge in [0.05, 0.1) is 23.7 Å². The fourth-order valence-corrected chi connectivity index (χ4v) is 6.66. The number of nitrogens with one attached hydrogen (secondary N) is 1. The first-order valence-corrected chi connectivity index (χ1v) is 15.0. The first-order valence-electron chi connectivity index (χ1n) is 12.0. The molecule has 1 aromatic carbocycles. The second kappa shape index (κ2) is 10.4. The van der Waals surface area contributed by atoms with Gasteiger partial charge in [0.15, 0.2) is 0 Å². The zero-order chi connectivity index (χ0) is 26.2. The number of rotatable bonds is 8. The number of thiophene rings is 1. The fraction of sp³-hybridized carbons (Fsp3) is 0.385. The van der Waals surface area contributed by atoms with Gasteiger partial charge in [0, 0.05) is 17.3 Å². The van der Waals surface area contributed by atoms with E-state index >= 15 is 0 Å². The molecule has 2 aromatic heterocycles. The Labute approximate surface area is 225 Å². The van der Waals surface area contributed by atoms with E-state index in [1.807, 2.05) is 36.6 Å². The number of aromatic nitrogens is 2. The van der Waals surface area contributed by atoms with Crippen molar-refractivity contribution >= 4 is 50.4 Å². The van der Waals surface area contributed by atoms with Crippen LogP contribution in [0.1, 0.15) is 58.1 Å². The molecule has 1 saturated carbocycles. The molecule has 0 bridgehead atoms. The van der Waals surface area contributed by atoms with Crippen LogP contribution in [0.5, 0.6) is 0 Å². The van der Waals surface area contributed by atoms with E-state index in [0.29, 0.717) is 34.5 Å². The highest BCUT2D eigenvalue weighted by atomic mass is 35.5. The van der Waals surface area contributed by atoms with Crippen molar-refractivity contribution in [2.75, 3.05) is 18.5 Å². The Morgan fingerprint density at radius 1 is 1.41 bits per heavy atom. The third-order valence-electron chi connectivity index (χ3n) is 7.06. The highest BCUT2D eigenvalue weighted by Crippen LogP contribution is 2.42. The lowest BCUT2D eigenvalue weighted by atomic mass is 9.83. The Morgan fingerprint density at radius 3 is 3.05 bits per heavy atom. The number of nitrogens with zero attached hydrogens (tertiary/aromatic N) is 2. The van der Waals surface area contributed by atoms with Gasteiger partial charge in [0.1, 0.15) is 27.7 Å². The quantitative estimate of drug-likeness (QED) is 0.310. The fourth-order valence-electron chi connectivity index (χ4n) is 5.10. The van der Waals surface area contributed by atoms with Gasteiger partial charge < -0.3 is 10.1 Å². The number of fused-ring (bicyclic) bond motifs is 1. The van der Waals surface area contributed by atoms with Crippen LogP contribution in [-0.4, -0.2) is 45.1 Å². The molecule has 3 aromatic rings. The van der Waals surface area contributed by atoms with E-state index in [4.69, 9.17) is 25.7 Å². The number of ether oxygens (including phenoxy) is 1. The maximum Gasteiger partial charge on any atom is 0.208 e. The van der Waals surface area contributed by atoms with Crippen molar-refractivity contribution in [2.24, 2.45) is 11.1 Å². The zero-order valence-corrected chi connectivity index (χ0v) is 22.8. The van der Waals surface area contributed by atoms with Crippen LogP contribution in [0.4, 0.5) is 5.82 Å². The molecular formula is C26H29ClN4O4S2. The lowest BCUT2D eigenvalue weighted by Gasteiger charge is -2.36. The third kappa shape index (κ3) is 5.74. The molecule has 3 unspecified atom stereocenters. The SMILES string of the molecule is C=S(N)(=O)OC[C@@H]1CCC(Nc2ncncc2C(=O)c2cc(C3(C)OCCc4ccc(Cl)cc43)cs2)C1. The van der Waals surface area contributed by atoms with Crippen molar-refractivity contribution in [3.8, 4) is 0 Å². The molecule has 8 nitrogen and oxygen atoms in total. The monoisotopic (exact) mass is 560 g/mol. The van der Waals surface area contributed by atoms with Gasteiger partial charge in [-0.15, -0.1) is 11.3 Å². The number of ketones is 1. The summed E-state index contributed by atoms with van der Waals surface area (Å²) in [6.45, 7) is 2.91. The molecular weight excluding hydrogens is 532 g/mol. The molecule has 3 heterocycles. The molecule has 0 spiro atoms. The van der Waals surface area contributed by atoms with Crippen molar-refractivity contribution in [1.82, 2.24) is 9.97 Å². The Morgan fingerprint density at radius 2 is 2.24 bits per heavy atom. The number of hydrogen-bond acceptors (Lipinski definition) is 8. The summed E-state index contributed by atoms with van der Waals surface area (Å²) in [5.74, 6) is 3.88. The molecule has 2 aliphatic rings. The minimum atomic E-state index is -2.97. The van der Waals surface area contributed by atoms with E-state index in [1.54, 1.807) is 6.20 Å². The van der Waals surface area contributed by atoms with Gasteiger partial charge in [0.25, 0.3) is 0 Å². The van der Waals surface area contributed by atoms with Gasteiger partial charge in [-0.05, 0) is 84.7 Å². The van der Waals surface area contributed by atoms with Crippen LogP contribution >= 0.6 is 22.9 Å². The summed E-state index contributed by atoms with van der Waals surface area (Å²) in [7, 11) is -2.97. The second-order valence-electron chi connectivity index (χ2n) is 9.71. The molecule has 5 rings (SSSR count). The summed E-state index contributed by atoms with van der Waals surface area (Å²) in [4.78, 5) is 22.6. The highest BCUT2D eigenvalue weighted by molar-refractivity contribution is 7.93. The smallest absolute Gasteiger partial charge is 0.208 e. The van der Waals surface area contributed by atoms with Crippen LogP contribution in [0.2, 0.25) is 5.02 Å². The highest BCUT2D eigenvalue weighted by Gasteiger charge is 2.37. The Hall–Kier alpha value is -2.34. The van der Waals surface area contributed by atoms with Crippen LogP contribution in [0.3, 0.4) is 0 Å². The molecule has 1 aliphatic heterocycles. The summed E-state index contributed by atoms with van der Waals surface area (Å²) in [5.41, 5.74) is 2.86. The largest absolute Gasteiger partial charge is 0.367 e. The normalized spacial score (nSPS) is 24.8. The molecule has 37 heavy (non-hydrogen) atoms. The number of benzene rings is 1. The molecule has 0 amide bonds. The van der Waals surface area contributed by atoms with Crippen LogP contribution < -0.4 is 10.5 Å². The van der Waals surface area contributed by atoms with E-state index < -0.39 is 15.6 Å². The summed E-state index contributed by atoms with van der Waals surface area (Å²) in [5, 5.41) is 11.4. The summed E-state index contributed by atoms with van der Waals surface area (Å²) < 4.78 is 23.0. The summed E-state index contributed by atoms with van der Waals surface area (Å²) >= 11 is 7.68. The number of nitrogens with two attached hydrogens (primary N) is 1. The van der Waals surface area contributed by atoms with Crippen LogP contribution in [-0.2, 0) is 30.9 Å². The number of carbonyl (C=O) groups excluding carboxylic acids is 1. The predicted molar refractivity (Wildman–Crippen MR) is 147 cm³/mol. The van der Waals surface area contributed by atoms with Gasteiger partial charge in [0.2, 0.25) is 5.78 Å². The lowest BCUT2D eigenvalue weighted by molar-refractivity contribution is -0.0138. The predicted octanol–water partition coefficient (Wildman–Crippen LogP) is 4.36. The topological polar surface area (TPSA) is 116 Å². The lowest BCUT2D eigenvalue weighted by Crippen LogP contribution is -2.33. The maximum atomic E-state index is 13.6. The second-order valence-corrected chi connectivity index (χ2v) is 12.6. The average Bonchev–Trinajstić information content (AvgIpc) is 3.53. The van der Waals surface area contributed by atoms with E-state index in [2.05, 4.69) is 21.2 Å². The zero-order valence-electron chi connectivity index (χ0n) is 20.4. The molecule has 0 saturated heterocycles. The molecule has 4 atom stereocenters. The van der Waals surface area contributed by atoms with Gasteiger partial charge in [-0.1, -0.05) is 17.7 Å². The molecule has 1 fully saturated rings. The van der Waals surface area contributed by atoms with Crippen molar-refractivity contribution in [3.63, 3.8) is 0 Å². The van der Waals surface area contributed by atoms with Crippen LogP contribution in [0.25, 0.3) is 0 Å². The number of hydrogen-bond donors (Lipinski definition) is 2. The van der Waals surface area contributed by atoms with Crippen molar-refractivity contribution < 1.29 is 17.9 Å². The van der Waals surface area contributed by atoms with Gasteiger partial charge in [-0.25, -0.2) is 19.3 Å². The molecule has 11 heteroatoms. The Bertz CT molecular complexity index is 1430. The van der Waals surface area contributed by atoms with E-state index in [0.717, 1.165) is 36.8 Å².